The molecule has 0 unspecified atom stereocenters. The summed E-state index contributed by atoms with van der Waals surface area (Å²) < 4.78 is 1.32. The highest BCUT2D eigenvalue weighted by molar-refractivity contribution is 7.14. The maximum absolute atomic E-state index is 12.6. The largest absolute Gasteiger partial charge is 0.296 e. The van der Waals surface area contributed by atoms with Crippen LogP contribution in [-0.2, 0) is 0 Å². The third-order valence-electron chi connectivity index (χ3n) is 3.99. The van der Waals surface area contributed by atoms with Gasteiger partial charge in [-0.25, -0.2) is 9.97 Å². The van der Waals surface area contributed by atoms with Crippen LogP contribution in [0.1, 0.15) is 21.6 Å². The minimum atomic E-state index is -0.388. The van der Waals surface area contributed by atoms with E-state index in [1.165, 1.54) is 34.6 Å². The molecule has 0 bridgehead atoms. The first kappa shape index (κ1) is 16.9. The van der Waals surface area contributed by atoms with E-state index in [2.05, 4.69) is 35.6 Å². The average molecular weight is 378 g/mol. The van der Waals surface area contributed by atoms with Crippen LogP contribution < -0.4 is 5.32 Å². The fraction of sp³-hybridized carbons (Fsp3) is 0.118. The number of hydrogen-bond donors (Lipinski definition) is 1. The van der Waals surface area contributed by atoms with Gasteiger partial charge in [0.2, 0.25) is 0 Å². The molecule has 0 spiro atoms. The van der Waals surface area contributed by atoms with Crippen molar-refractivity contribution < 1.29 is 4.79 Å². The van der Waals surface area contributed by atoms with E-state index in [4.69, 9.17) is 0 Å². The van der Waals surface area contributed by atoms with E-state index in [9.17, 15) is 4.79 Å². The van der Waals surface area contributed by atoms with Crippen LogP contribution in [-0.4, -0.2) is 40.8 Å². The highest BCUT2D eigenvalue weighted by atomic mass is 32.1. The molecule has 1 amide bonds. The quantitative estimate of drug-likeness (QED) is 0.580. The Balaban J connectivity index is 1.58. The molecule has 0 aliphatic rings. The normalized spacial score (nSPS) is 10.7. The van der Waals surface area contributed by atoms with Gasteiger partial charge < -0.3 is 0 Å². The Morgan fingerprint density at radius 2 is 2.04 bits per heavy atom. The highest BCUT2D eigenvalue weighted by Gasteiger charge is 2.18. The Labute approximate surface area is 158 Å². The Hall–Kier alpha value is -3.53. The third-order valence-corrected chi connectivity index (χ3v) is 4.75. The van der Waals surface area contributed by atoms with Gasteiger partial charge in [0.05, 0.1) is 18.1 Å². The monoisotopic (exact) mass is 378 g/mol. The van der Waals surface area contributed by atoms with E-state index < -0.39 is 0 Å². The SMILES string of the molecule is Cc1ccnc(-c2csc(NC(=O)c3cnnn3-c3cnccn3)n2)c1C. The van der Waals surface area contributed by atoms with Gasteiger partial charge in [-0.2, -0.15) is 4.68 Å². The third kappa shape index (κ3) is 3.29. The number of hydrogen-bond acceptors (Lipinski definition) is 8. The molecule has 4 aromatic rings. The van der Waals surface area contributed by atoms with Gasteiger partial charge in [-0.05, 0) is 31.0 Å². The molecule has 4 rings (SSSR count). The lowest BCUT2D eigenvalue weighted by molar-refractivity contribution is 0.101. The van der Waals surface area contributed by atoms with Gasteiger partial charge in [0.25, 0.3) is 5.91 Å². The Kier molecular flexibility index (Phi) is 4.38. The summed E-state index contributed by atoms with van der Waals surface area (Å²) in [5.74, 6) is 0.0139. The summed E-state index contributed by atoms with van der Waals surface area (Å²) in [4.78, 5) is 29.6. The van der Waals surface area contributed by atoms with E-state index in [0.717, 1.165) is 22.5 Å². The predicted octanol–water partition coefficient (Wildman–Crippen LogP) is 2.44. The lowest BCUT2D eigenvalue weighted by Crippen LogP contribution is -2.17. The number of aryl methyl sites for hydroxylation is 1. The number of carbonyl (C=O) groups excluding carboxylic acids is 1. The van der Waals surface area contributed by atoms with Crippen molar-refractivity contribution in [3.8, 4) is 17.2 Å². The number of pyridine rings is 1. The summed E-state index contributed by atoms with van der Waals surface area (Å²) in [6.45, 7) is 4.02. The van der Waals surface area contributed by atoms with Crippen LogP contribution >= 0.6 is 11.3 Å². The van der Waals surface area contributed by atoms with E-state index in [1.807, 2.05) is 25.3 Å². The Bertz CT molecular complexity index is 1110. The first-order chi connectivity index (χ1) is 13.1. The Morgan fingerprint density at radius 1 is 1.15 bits per heavy atom. The van der Waals surface area contributed by atoms with Crippen molar-refractivity contribution >= 4 is 22.4 Å². The summed E-state index contributed by atoms with van der Waals surface area (Å²) in [5.41, 5.74) is 3.95. The van der Waals surface area contributed by atoms with Crippen molar-refractivity contribution in [3.63, 3.8) is 0 Å². The zero-order chi connectivity index (χ0) is 18.8. The summed E-state index contributed by atoms with van der Waals surface area (Å²) in [5, 5.41) is 12.8. The molecule has 0 aliphatic heterocycles. The number of anilines is 1. The highest BCUT2D eigenvalue weighted by Crippen LogP contribution is 2.27. The first-order valence-corrected chi connectivity index (χ1v) is 8.88. The van der Waals surface area contributed by atoms with Crippen LogP contribution in [0.3, 0.4) is 0 Å². The summed E-state index contributed by atoms with van der Waals surface area (Å²) >= 11 is 1.33. The summed E-state index contributed by atoms with van der Waals surface area (Å²) in [6.07, 6.45) is 7.67. The topological polar surface area (TPSA) is 111 Å². The van der Waals surface area contributed by atoms with Crippen LogP contribution in [0.2, 0.25) is 0 Å². The van der Waals surface area contributed by atoms with Crippen molar-refractivity contribution in [3.05, 3.63) is 59.3 Å². The number of rotatable bonds is 4. The predicted molar refractivity (Wildman–Crippen MR) is 99.7 cm³/mol. The number of carbonyl (C=O) groups is 1. The van der Waals surface area contributed by atoms with Gasteiger partial charge in [0.1, 0.15) is 5.69 Å². The molecular formula is C17H14N8OS. The molecule has 0 saturated carbocycles. The second-order valence-electron chi connectivity index (χ2n) is 5.69. The molecule has 9 nitrogen and oxygen atoms in total. The Morgan fingerprint density at radius 3 is 2.85 bits per heavy atom. The maximum atomic E-state index is 12.6. The van der Waals surface area contributed by atoms with Gasteiger partial charge in [-0.3, -0.25) is 20.1 Å². The van der Waals surface area contributed by atoms with E-state index in [0.29, 0.717) is 10.9 Å². The molecule has 4 heterocycles. The molecule has 0 radical (unpaired) electrons. The second kappa shape index (κ2) is 7.00. The smallest absolute Gasteiger partial charge is 0.277 e. The standard InChI is InChI=1S/C17H14N8OS/c1-10-3-4-20-15(11(10)2)12-9-27-17(22-12)23-16(26)13-7-21-24-25(13)14-8-18-5-6-19-14/h3-9H,1-2H3,(H,22,23,26). The van der Waals surface area contributed by atoms with Crippen LogP contribution in [0.25, 0.3) is 17.2 Å². The number of amides is 1. The molecule has 0 aromatic carbocycles. The van der Waals surface area contributed by atoms with Crippen LogP contribution in [0, 0.1) is 13.8 Å². The van der Waals surface area contributed by atoms with Gasteiger partial charge in [0.15, 0.2) is 16.6 Å². The minimum Gasteiger partial charge on any atom is -0.296 e. The van der Waals surface area contributed by atoms with Crippen LogP contribution in [0.5, 0.6) is 0 Å². The number of nitrogens with one attached hydrogen (secondary N) is 1. The fourth-order valence-electron chi connectivity index (χ4n) is 2.45. The zero-order valence-corrected chi connectivity index (χ0v) is 15.3. The molecule has 0 aliphatic carbocycles. The van der Waals surface area contributed by atoms with Crippen LogP contribution in [0.15, 0.2) is 42.4 Å². The van der Waals surface area contributed by atoms with Gasteiger partial charge >= 0.3 is 0 Å². The number of thiazole rings is 1. The molecule has 10 heteroatoms. The van der Waals surface area contributed by atoms with Crippen molar-refractivity contribution in [1.29, 1.82) is 0 Å². The molecule has 0 fully saturated rings. The number of aromatic nitrogens is 7. The lowest BCUT2D eigenvalue weighted by atomic mass is 10.1. The molecule has 4 aromatic heterocycles. The van der Waals surface area contributed by atoms with Crippen LogP contribution in [0.4, 0.5) is 5.13 Å². The number of nitrogens with zero attached hydrogens (tertiary/aromatic N) is 7. The molecule has 1 N–H and O–H groups in total. The fourth-order valence-corrected chi connectivity index (χ4v) is 3.14. The summed E-state index contributed by atoms with van der Waals surface area (Å²) in [7, 11) is 0. The molecule has 134 valence electrons. The van der Waals surface area contributed by atoms with E-state index >= 15 is 0 Å². The van der Waals surface area contributed by atoms with Crippen molar-refractivity contribution in [2.45, 2.75) is 13.8 Å². The van der Waals surface area contributed by atoms with Gasteiger partial charge in [-0.15, -0.1) is 16.4 Å². The van der Waals surface area contributed by atoms with Gasteiger partial charge in [-0.1, -0.05) is 5.21 Å². The zero-order valence-electron chi connectivity index (χ0n) is 14.5. The minimum absolute atomic E-state index is 0.233. The van der Waals surface area contributed by atoms with E-state index in [-0.39, 0.29) is 11.6 Å². The van der Waals surface area contributed by atoms with Crippen molar-refractivity contribution in [2.75, 3.05) is 5.32 Å². The van der Waals surface area contributed by atoms with Crippen molar-refractivity contribution in [1.82, 2.24) is 34.9 Å². The van der Waals surface area contributed by atoms with Gasteiger partial charge in [0, 0.05) is 24.0 Å². The molecule has 27 heavy (non-hydrogen) atoms. The molecular weight excluding hydrogens is 364 g/mol. The molecule has 0 atom stereocenters. The average Bonchev–Trinajstić information content (AvgIpc) is 3.34. The lowest BCUT2D eigenvalue weighted by Gasteiger charge is -2.05. The second-order valence-corrected chi connectivity index (χ2v) is 6.55. The summed E-state index contributed by atoms with van der Waals surface area (Å²) in [6, 6.07) is 1.95. The molecule has 0 saturated heterocycles. The van der Waals surface area contributed by atoms with Crippen molar-refractivity contribution in [2.24, 2.45) is 0 Å². The van der Waals surface area contributed by atoms with E-state index in [1.54, 1.807) is 12.4 Å². The maximum Gasteiger partial charge on any atom is 0.277 e. The first-order valence-electron chi connectivity index (χ1n) is 8.00.